The van der Waals surface area contributed by atoms with Gasteiger partial charge in [-0.1, -0.05) is 36.5 Å². The molecule has 3 N–H and O–H groups in total. The number of hydrogen-bond acceptors (Lipinski definition) is 4. The summed E-state index contributed by atoms with van der Waals surface area (Å²) in [5.41, 5.74) is 3.61. The molecule has 2 aromatic rings. The Morgan fingerprint density at radius 1 is 1.19 bits per heavy atom. The lowest BCUT2D eigenvalue weighted by atomic mass is 10.2. The number of carbonyl (C=O) groups is 2. The van der Waals surface area contributed by atoms with Gasteiger partial charge in [-0.15, -0.1) is 0 Å². The molecule has 2 amide bonds. The van der Waals surface area contributed by atoms with Gasteiger partial charge in [0.1, 0.15) is 5.75 Å². The molecular formula is C19H19Cl2N3O3. The van der Waals surface area contributed by atoms with Crippen LogP contribution in [-0.2, 0) is 4.79 Å². The van der Waals surface area contributed by atoms with Gasteiger partial charge in [-0.25, -0.2) is 5.43 Å². The highest BCUT2D eigenvalue weighted by molar-refractivity contribution is 6.36. The normalized spacial score (nSPS) is 10.8. The van der Waals surface area contributed by atoms with E-state index >= 15 is 0 Å². The average molecular weight is 408 g/mol. The third kappa shape index (κ3) is 6.27. The maximum atomic E-state index is 12.1. The number of anilines is 1. The van der Waals surface area contributed by atoms with Crippen LogP contribution in [-0.4, -0.2) is 23.1 Å². The van der Waals surface area contributed by atoms with Gasteiger partial charge in [0.25, 0.3) is 5.91 Å². The highest BCUT2D eigenvalue weighted by Crippen LogP contribution is 2.29. The monoisotopic (exact) mass is 407 g/mol. The van der Waals surface area contributed by atoms with E-state index in [4.69, 9.17) is 23.2 Å². The Kier molecular flexibility index (Phi) is 7.64. The molecule has 0 atom stereocenters. The van der Waals surface area contributed by atoms with Crippen LogP contribution >= 0.6 is 23.2 Å². The Hall–Kier alpha value is -2.57. The van der Waals surface area contributed by atoms with Crippen molar-refractivity contribution in [2.75, 3.05) is 5.32 Å². The lowest BCUT2D eigenvalue weighted by Crippen LogP contribution is -2.17. The van der Waals surface area contributed by atoms with Gasteiger partial charge in [0.05, 0.1) is 11.2 Å². The van der Waals surface area contributed by atoms with Crippen LogP contribution in [0.3, 0.4) is 0 Å². The molecule has 0 unspecified atom stereocenters. The van der Waals surface area contributed by atoms with Gasteiger partial charge < -0.3 is 10.4 Å². The minimum absolute atomic E-state index is 0.0568. The topological polar surface area (TPSA) is 90.8 Å². The summed E-state index contributed by atoms with van der Waals surface area (Å²) in [5.74, 6) is -0.677. The summed E-state index contributed by atoms with van der Waals surface area (Å²) >= 11 is 11.7. The molecule has 0 spiro atoms. The van der Waals surface area contributed by atoms with Crippen LogP contribution in [0.15, 0.2) is 41.5 Å². The number of unbranched alkanes of at least 4 members (excludes halogenated alkanes) is 1. The van der Waals surface area contributed by atoms with Crippen LogP contribution in [0.2, 0.25) is 10.0 Å². The number of amides is 2. The molecule has 27 heavy (non-hydrogen) atoms. The van der Waals surface area contributed by atoms with Crippen LogP contribution in [0, 0.1) is 0 Å². The fraction of sp³-hybridized carbons (Fsp3) is 0.211. The van der Waals surface area contributed by atoms with Gasteiger partial charge in [-0.05, 0) is 42.8 Å². The van der Waals surface area contributed by atoms with Crippen LogP contribution in [0.5, 0.6) is 5.75 Å². The van der Waals surface area contributed by atoms with Crippen LogP contribution in [0.1, 0.15) is 42.1 Å². The Labute approximate surface area is 167 Å². The van der Waals surface area contributed by atoms with E-state index in [0.29, 0.717) is 22.7 Å². The van der Waals surface area contributed by atoms with Crippen molar-refractivity contribution in [2.24, 2.45) is 5.10 Å². The van der Waals surface area contributed by atoms with Gasteiger partial charge in [0, 0.05) is 28.3 Å². The number of carbonyl (C=O) groups excluding carboxylic acids is 2. The van der Waals surface area contributed by atoms with E-state index in [9.17, 15) is 14.7 Å². The molecule has 0 aliphatic rings. The summed E-state index contributed by atoms with van der Waals surface area (Å²) in [6.07, 6.45) is 3.49. The fourth-order valence-electron chi connectivity index (χ4n) is 2.18. The quantitative estimate of drug-likeness (QED) is 0.462. The lowest BCUT2D eigenvalue weighted by Gasteiger charge is -2.06. The van der Waals surface area contributed by atoms with Gasteiger partial charge in [0.15, 0.2) is 0 Å². The van der Waals surface area contributed by atoms with Crippen molar-refractivity contribution in [1.82, 2.24) is 5.43 Å². The second-order valence-electron chi connectivity index (χ2n) is 5.75. The number of benzene rings is 2. The Bertz CT molecular complexity index is 852. The molecule has 2 rings (SSSR count). The van der Waals surface area contributed by atoms with E-state index in [1.165, 1.54) is 18.3 Å². The molecule has 0 heterocycles. The van der Waals surface area contributed by atoms with Crippen molar-refractivity contribution in [3.63, 3.8) is 0 Å². The molecule has 0 aromatic heterocycles. The minimum atomic E-state index is -0.442. The summed E-state index contributed by atoms with van der Waals surface area (Å²) in [6.45, 7) is 2.02. The molecule has 0 aliphatic carbocycles. The van der Waals surface area contributed by atoms with E-state index in [0.717, 1.165) is 12.8 Å². The number of aromatic hydroxyl groups is 1. The molecule has 2 aromatic carbocycles. The predicted octanol–water partition coefficient (Wildman–Crippen LogP) is 4.59. The van der Waals surface area contributed by atoms with Crippen LogP contribution in [0.4, 0.5) is 5.69 Å². The third-order valence-electron chi connectivity index (χ3n) is 3.62. The van der Waals surface area contributed by atoms with Crippen molar-refractivity contribution in [2.45, 2.75) is 26.2 Å². The first-order chi connectivity index (χ1) is 12.9. The number of nitrogens with one attached hydrogen (secondary N) is 2. The number of nitrogens with zero attached hydrogens (tertiary/aromatic N) is 1. The number of phenols is 1. The fourth-order valence-corrected chi connectivity index (χ4v) is 2.68. The molecule has 6 nitrogen and oxygen atoms in total. The van der Waals surface area contributed by atoms with E-state index in [1.807, 2.05) is 6.92 Å². The molecule has 142 valence electrons. The lowest BCUT2D eigenvalue weighted by molar-refractivity contribution is -0.116. The predicted molar refractivity (Wildman–Crippen MR) is 108 cm³/mol. The van der Waals surface area contributed by atoms with E-state index in [2.05, 4.69) is 15.8 Å². The van der Waals surface area contributed by atoms with Crippen LogP contribution in [0.25, 0.3) is 0 Å². The first-order valence-electron chi connectivity index (χ1n) is 8.32. The van der Waals surface area contributed by atoms with E-state index in [1.54, 1.807) is 24.3 Å². The number of rotatable bonds is 7. The highest BCUT2D eigenvalue weighted by Gasteiger charge is 2.08. The molecule has 8 heteroatoms. The number of phenolic OH excluding ortho intramolecular Hbond substituents is 1. The standard InChI is InChI=1S/C19H19Cl2N3O3/c1-2-3-4-17(25)23-15-7-5-12(6-8-15)19(27)24-22-11-13-9-14(20)10-16(21)18(13)26/h5-11,26H,2-4H2,1H3,(H,23,25)(H,24,27). The molecule has 0 fully saturated rings. The van der Waals surface area contributed by atoms with Crippen LogP contribution < -0.4 is 10.7 Å². The van der Waals surface area contributed by atoms with Crippen molar-refractivity contribution in [1.29, 1.82) is 0 Å². The molecule has 0 saturated carbocycles. The van der Waals surface area contributed by atoms with Crippen molar-refractivity contribution >= 4 is 46.9 Å². The zero-order chi connectivity index (χ0) is 19.8. The number of hydrogen-bond donors (Lipinski definition) is 3. The Morgan fingerprint density at radius 3 is 2.56 bits per heavy atom. The van der Waals surface area contributed by atoms with Gasteiger partial charge >= 0.3 is 0 Å². The molecule has 0 radical (unpaired) electrons. The van der Waals surface area contributed by atoms with E-state index < -0.39 is 5.91 Å². The summed E-state index contributed by atoms with van der Waals surface area (Å²) in [4.78, 5) is 23.8. The SMILES string of the molecule is CCCCC(=O)Nc1ccc(C(=O)NN=Cc2cc(Cl)cc(Cl)c2O)cc1. The van der Waals surface area contributed by atoms with E-state index in [-0.39, 0.29) is 22.2 Å². The van der Waals surface area contributed by atoms with Crippen molar-refractivity contribution in [3.05, 3.63) is 57.6 Å². The summed E-state index contributed by atoms with van der Waals surface area (Å²) < 4.78 is 0. The second kappa shape index (κ2) is 9.94. The van der Waals surface area contributed by atoms with Crippen molar-refractivity contribution < 1.29 is 14.7 Å². The smallest absolute Gasteiger partial charge is 0.271 e. The largest absolute Gasteiger partial charge is 0.506 e. The Balaban J connectivity index is 1.95. The summed E-state index contributed by atoms with van der Waals surface area (Å²) in [7, 11) is 0. The van der Waals surface area contributed by atoms with Crippen molar-refractivity contribution in [3.8, 4) is 5.75 Å². The van der Waals surface area contributed by atoms with Gasteiger partial charge in [-0.2, -0.15) is 5.10 Å². The summed E-state index contributed by atoms with van der Waals surface area (Å²) in [6, 6.07) is 9.31. The molecular weight excluding hydrogens is 389 g/mol. The Morgan fingerprint density at radius 2 is 1.89 bits per heavy atom. The molecule has 0 bridgehead atoms. The second-order valence-corrected chi connectivity index (χ2v) is 6.60. The molecule has 0 aliphatic heterocycles. The minimum Gasteiger partial charge on any atom is -0.506 e. The first-order valence-corrected chi connectivity index (χ1v) is 9.07. The highest BCUT2D eigenvalue weighted by atomic mass is 35.5. The van der Waals surface area contributed by atoms with Gasteiger partial charge in [-0.3, -0.25) is 9.59 Å². The molecule has 0 saturated heterocycles. The first kappa shape index (κ1) is 20.7. The zero-order valence-electron chi connectivity index (χ0n) is 14.6. The third-order valence-corrected chi connectivity index (χ3v) is 4.12. The number of hydrazone groups is 1. The zero-order valence-corrected chi connectivity index (χ0v) is 16.1. The average Bonchev–Trinajstić information content (AvgIpc) is 2.64. The maximum absolute atomic E-state index is 12.1. The van der Waals surface area contributed by atoms with Gasteiger partial charge in [0.2, 0.25) is 5.91 Å². The number of halogens is 2. The maximum Gasteiger partial charge on any atom is 0.271 e. The summed E-state index contributed by atoms with van der Waals surface area (Å²) in [5, 5.41) is 16.8.